The van der Waals surface area contributed by atoms with Crippen molar-refractivity contribution in [1.82, 2.24) is 0 Å². The summed E-state index contributed by atoms with van der Waals surface area (Å²) < 4.78 is 0. The minimum atomic E-state index is 0.320. The molecule has 0 saturated heterocycles. The lowest BCUT2D eigenvalue weighted by atomic mass is 10.1. The van der Waals surface area contributed by atoms with E-state index in [1.165, 1.54) is 0 Å². The third-order valence-electron chi connectivity index (χ3n) is 1.62. The van der Waals surface area contributed by atoms with Gasteiger partial charge in [0, 0.05) is 12.5 Å². The van der Waals surface area contributed by atoms with Crippen LogP contribution in [0.25, 0.3) is 0 Å². The summed E-state index contributed by atoms with van der Waals surface area (Å²) in [6, 6.07) is 0. The van der Waals surface area contributed by atoms with Crippen LogP contribution in [-0.4, -0.2) is 11.7 Å². The van der Waals surface area contributed by atoms with Gasteiger partial charge in [-0.15, -0.1) is 0 Å². The van der Waals surface area contributed by atoms with Crippen molar-refractivity contribution in [3.63, 3.8) is 0 Å². The van der Waals surface area contributed by atoms with E-state index in [1.807, 2.05) is 0 Å². The van der Waals surface area contributed by atoms with Crippen molar-refractivity contribution in [2.75, 3.05) is 6.61 Å². The third-order valence-corrected chi connectivity index (χ3v) is 1.62. The Labute approximate surface area is 50.0 Å². The summed E-state index contributed by atoms with van der Waals surface area (Å²) in [6.07, 6.45) is 5.40. The number of rotatable bonds is 1. The molecular formula is C7H12O. The van der Waals surface area contributed by atoms with Gasteiger partial charge in [0.25, 0.3) is 0 Å². The van der Waals surface area contributed by atoms with Crippen LogP contribution in [0.1, 0.15) is 13.3 Å². The summed E-state index contributed by atoms with van der Waals surface area (Å²) in [4.78, 5) is 0. The Hall–Kier alpha value is -0.300. The second-order valence-corrected chi connectivity index (χ2v) is 2.54. The smallest absolute Gasteiger partial charge is 0.0494 e. The van der Waals surface area contributed by atoms with E-state index in [-0.39, 0.29) is 0 Å². The summed E-state index contributed by atoms with van der Waals surface area (Å²) in [5, 5.41) is 8.63. The van der Waals surface area contributed by atoms with E-state index < -0.39 is 0 Å². The molecular weight excluding hydrogens is 100 g/mol. The van der Waals surface area contributed by atoms with Crippen molar-refractivity contribution in [2.45, 2.75) is 13.3 Å². The molecule has 1 heteroatoms. The molecule has 0 spiro atoms. The molecule has 1 aliphatic rings. The summed E-state index contributed by atoms with van der Waals surface area (Å²) in [5.41, 5.74) is 0. The van der Waals surface area contributed by atoms with Gasteiger partial charge in [-0.05, 0) is 12.3 Å². The van der Waals surface area contributed by atoms with Crippen LogP contribution in [0.3, 0.4) is 0 Å². The molecule has 0 saturated carbocycles. The van der Waals surface area contributed by atoms with Crippen LogP contribution in [0.4, 0.5) is 0 Å². The molecule has 0 fully saturated rings. The summed E-state index contributed by atoms with van der Waals surface area (Å²) in [5.74, 6) is 1.14. The second-order valence-electron chi connectivity index (χ2n) is 2.54. The molecule has 0 radical (unpaired) electrons. The Balaban J connectivity index is 2.34. The highest BCUT2D eigenvalue weighted by atomic mass is 16.3. The number of aliphatic hydroxyl groups excluding tert-OH is 1. The minimum absolute atomic E-state index is 0.320. The SMILES string of the molecule is C[C@H]1C=CC(CO)C1. The molecule has 0 bridgehead atoms. The van der Waals surface area contributed by atoms with Gasteiger partial charge in [0.2, 0.25) is 0 Å². The molecule has 0 aromatic rings. The lowest BCUT2D eigenvalue weighted by Gasteiger charge is -2.01. The largest absolute Gasteiger partial charge is 0.396 e. The molecule has 2 atom stereocenters. The zero-order valence-corrected chi connectivity index (χ0v) is 5.17. The maximum atomic E-state index is 8.63. The number of aliphatic hydroxyl groups is 1. The third kappa shape index (κ3) is 1.10. The van der Waals surface area contributed by atoms with Crippen molar-refractivity contribution >= 4 is 0 Å². The summed E-state index contributed by atoms with van der Waals surface area (Å²) in [7, 11) is 0. The topological polar surface area (TPSA) is 20.2 Å². The van der Waals surface area contributed by atoms with Crippen molar-refractivity contribution in [3.8, 4) is 0 Å². The molecule has 1 N–H and O–H groups in total. The molecule has 0 heterocycles. The van der Waals surface area contributed by atoms with E-state index in [4.69, 9.17) is 5.11 Å². The van der Waals surface area contributed by atoms with Crippen molar-refractivity contribution in [2.24, 2.45) is 11.8 Å². The Morgan fingerprint density at radius 1 is 1.62 bits per heavy atom. The normalized spacial score (nSPS) is 36.2. The maximum absolute atomic E-state index is 8.63. The molecule has 0 aliphatic heterocycles. The van der Waals surface area contributed by atoms with E-state index in [1.54, 1.807) is 0 Å². The second kappa shape index (κ2) is 2.31. The van der Waals surface area contributed by atoms with E-state index in [0.717, 1.165) is 6.42 Å². The van der Waals surface area contributed by atoms with E-state index in [9.17, 15) is 0 Å². The zero-order chi connectivity index (χ0) is 5.98. The average Bonchev–Trinajstić information content (AvgIpc) is 2.14. The first-order chi connectivity index (χ1) is 3.83. The van der Waals surface area contributed by atoms with Gasteiger partial charge in [-0.2, -0.15) is 0 Å². The maximum Gasteiger partial charge on any atom is 0.0494 e. The van der Waals surface area contributed by atoms with Gasteiger partial charge in [0.15, 0.2) is 0 Å². The average molecular weight is 112 g/mol. The monoisotopic (exact) mass is 112 g/mol. The van der Waals surface area contributed by atoms with Crippen LogP contribution in [0.5, 0.6) is 0 Å². The first-order valence-corrected chi connectivity index (χ1v) is 3.12. The fraction of sp³-hybridized carbons (Fsp3) is 0.714. The van der Waals surface area contributed by atoms with Gasteiger partial charge < -0.3 is 5.11 Å². The van der Waals surface area contributed by atoms with Crippen LogP contribution in [0.2, 0.25) is 0 Å². The molecule has 46 valence electrons. The summed E-state index contributed by atoms with van der Waals surface area (Å²) >= 11 is 0. The first-order valence-electron chi connectivity index (χ1n) is 3.12. The first kappa shape index (κ1) is 5.83. The van der Waals surface area contributed by atoms with Crippen LogP contribution >= 0.6 is 0 Å². The Morgan fingerprint density at radius 3 is 2.62 bits per heavy atom. The van der Waals surface area contributed by atoms with Crippen molar-refractivity contribution in [1.29, 1.82) is 0 Å². The molecule has 0 aromatic heterocycles. The predicted octanol–water partition coefficient (Wildman–Crippen LogP) is 1.19. The van der Waals surface area contributed by atoms with Crippen molar-refractivity contribution < 1.29 is 5.11 Å². The Morgan fingerprint density at radius 2 is 2.38 bits per heavy atom. The Kier molecular flexibility index (Phi) is 1.69. The lowest BCUT2D eigenvalue weighted by Crippen LogP contribution is -1.99. The molecule has 1 nitrogen and oxygen atoms in total. The predicted molar refractivity (Wildman–Crippen MR) is 33.5 cm³/mol. The van der Waals surface area contributed by atoms with Gasteiger partial charge in [0.05, 0.1) is 0 Å². The molecule has 1 aliphatic carbocycles. The number of hydrogen-bond acceptors (Lipinski definition) is 1. The van der Waals surface area contributed by atoms with Gasteiger partial charge >= 0.3 is 0 Å². The van der Waals surface area contributed by atoms with Gasteiger partial charge in [-0.3, -0.25) is 0 Å². The quantitative estimate of drug-likeness (QED) is 0.505. The molecule has 1 rings (SSSR count). The van der Waals surface area contributed by atoms with Gasteiger partial charge in [0.1, 0.15) is 0 Å². The molecule has 0 amide bonds. The molecule has 8 heavy (non-hydrogen) atoms. The molecule has 0 aromatic carbocycles. The van der Waals surface area contributed by atoms with Crippen LogP contribution in [-0.2, 0) is 0 Å². The standard InChI is InChI=1S/C7H12O/c1-6-2-3-7(4-6)5-8/h2-3,6-8H,4-5H2,1H3/t6-,7?/m0/s1. The van der Waals surface area contributed by atoms with E-state index >= 15 is 0 Å². The van der Waals surface area contributed by atoms with Gasteiger partial charge in [-0.25, -0.2) is 0 Å². The van der Waals surface area contributed by atoms with Crippen LogP contribution < -0.4 is 0 Å². The van der Waals surface area contributed by atoms with Crippen LogP contribution in [0.15, 0.2) is 12.2 Å². The highest BCUT2D eigenvalue weighted by Gasteiger charge is 2.12. The fourth-order valence-corrected chi connectivity index (χ4v) is 1.12. The minimum Gasteiger partial charge on any atom is -0.396 e. The number of hydrogen-bond donors (Lipinski definition) is 1. The van der Waals surface area contributed by atoms with Crippen molar-refractivity contribution in [3.05, 3.63) is 12.2 Å². The van der Waals surface area contributed by atoms with Crippen LogP contribution in [0, 0.1) is 11.8 Å². The molecule has 1 unspecified atom stereocenters. The highest BCUT2D eigenvalue weighted by molar-refractivity contribution is 4.99. The fourth-order valence-electron chi connectivity index (χ4n) is 1.12. The number of allylic oxidation sites excluding steroid dienone is 1. The van der Waals surface area contributed by atoms with E-state index in [0.29, 0.717) is 18.4 Å². The van der Waals surface area contributed by atoms with Gasteiger partial charge in [-0.1, -0.05) is 19.1 Å². The summed E-state index contributed by atoms with van der Waals surface area (Å²) in [6.45, 7) is 2.49. The highest BCUT2D eigenvalue weighted by Crippen LogP contribution is 2.21. The van der Waals surface area contributed by atoms with E-state index in [2.05, 4.69) is 19.1 Å². The lowest BCUT2D eigenvalue weighted by molar-refractivity contribution is 0.246. The zero-order valence-electron chi connectivity index (χ0n) is 5.17. The Bertz CT molecular complexity index is 96.6.